The van der Waals surface area contributed by atoms with Gasteiger partial charge in [0.2, 0.25) is 10.0 Å². The lowest BCUT2D eigenvalue weighted by molar-refractivity contribution is 0.308. The molecule has 0 aromatic carbocycles. The van der Waals surface area contributed by atoms with Gasteiger partial charge in [0.05, 0.1) is 5.69 Å². The average Bonchev–Trinajstić information content (AvgIpc) is 2.68. The van der Waals surface area contributed by atoms with Crippen molar-refractivity contribution in [2.24, 2.45) is 0 Å². The number of sulfonamides is 1. The predicted molar refractivity (Wildman–Crippen MR) is 100 cm³/mol. The van der Waals surface area contributed by atoms with E-state index < -0.39 is 15.8 Å². The third-order valence-corrected chi connectivity index (χ3v) is 6.71. The van der Waals surface area contributed by atoms with Gasteiger partial charge in [-0.05, 0) is 30.9 Å². The summed E-state index contributed by atoms with van der Waals surface area (Å²) in [6.45, 7) is 4.45. The monoisotopic (exact) mass is 393 g/mol. The summed E-state index contributed by atoms with van der Waals surface area (Å²) in [5.74, 6) is -0.296. The predicted octanol–water partition coefficient (Wildman–Crippen LogP) is 2.42. The standard InChI is InChI=1S/C18H24FN5O2S/c1-13(2)17-16(19)18(22-12-21-17)23(3)14-6-5-9-24(11-14)27(25,26)15-7-4-8-20-10-15/h4,7-8,10,12-14H,5-6,9,11H2,1-3H3. The zero-order valence-electron chi connectivity index (χ0n) is 15.7. The van der Waals surface area contributed by atoms with Crippen LogP contribution in [0.4, 0.5) is 10.2 Å². The first-order valence-corrected chi connectivity index (χ1v) is 10.4. The fourth-order valence-electron chi connectivity index (χ4n) is 3.30. The molecule has 1 atom stereocenters. The molecule has 0 bridgehead atoms. The topological polar surface area (TPSA) is 79.3 Å². The van der Waals surface area contributed by atoms with Crippen LogP contribution in [0.1, 0.15) is 38.3 Å². The maximum atomic E-state index is 14.8. The van der Waals surface area contributed by atoms with Crippen molar-refractivity contribution in [3.8, 4) is 0 Å². The molecule has 0 saturated carbocycles. The first-order valence-electron chi connectivity index (χ1n) is 8.95. The number of likely N-dealkylation sites (N-methyl/N-ethyl adjacent to an activating group) is 1. The van der Waals surface area contributed by atoms with E-state index in [4.69, 9.17) is 0 Å². The highest BCUT2D eigenvalue weighted by Crippen LogP contribution is 2.28. The van der Waals surface area contributed by atoms with E-state index in [0.29, 0.717) is 18.7 Å². The largest absolute Gasteiger partial charge is 0.353 e. The molecule has 7 nitrogen and oxygen atoms in total. The highest BCUT2D eigenvalue weighted by molar-refractivity contribution is 7.89. The molecule has 146 valence electrons. The molecule has 1 fully saturated rings. The van der Waals surface area contributed by atoms with Gasteiger partial charge in [-0.25, -0.2) is 22.8 Å². The van der Waals surface area contributed by atoms with E-state index in [1.54, 1.807) is 18.0 Å². The molecule has 0 radical (unpaired) electrons. The normalized spacial score (nSPS) is 18.6. The number of aromatic nitrogens is 3. The van der Waals surface area contributed by atoms with E-state index in [1.807, 2.05) is 13.8 Å². The minimum atomic E-state index is -3.62. The van der Waals surface area contributed by atoms with Crippen LogP contribution in [0.3, 0.4) is 0 Å². The third kappa shape index (κ3) is 3.93. The Bertz CT molecular complexity index is 892. The maximum Gasteiger partial charge on any atom is 0.244 e. The van der Waals surface area contributed by atoms with Gasteiger partial charge in [-0.3, -0.25) is 4.98 Å². The lowest BCUT2D eigenvalue weighted by Crippen LogP contribution is -2.49. The zero-order chi connectivity index (χ0) is 19.6. The Hall–Kier alpha value is -2.13. The summed E-state index contributed by atoms with van der Waals surface area (Å²) in [4.78, 5) is 13.9. The van der Waals surface area contributed by atoms with Crippen LogP contribution < -0.4 is 4.90 Å². The lowest BCUT2D eigenvalue weighted by Gasteiger charge is -2.37. The van der Waals surface area contributed by atoms with Crippen molar-refractivity contribution in [2.45, 2.75) is 43.5 Å². The van der Waals surface area contributed by atoms with Crippen molar-refractivity contribution >= 4 is 15.8 Å². The van der Waals surface area contributed by atoms with E-state index in [2.05, 4.69) is 15.0 Å². The molecule has 0 amide bonds. The van der Waals surface area contributed by atoms with Gasteiger partial charge in [-0.1, -0.05) is 13.8 Å². The quantitative estimate of drug-likeness (QED) is 0.776. The highest BCUT2D eigenvalue weighted by Gasteiger charge is 2.33. The van der Waals surface area contributed by atoms with Gasteiger partial charge in [0.25, 0.3) is 0 Å². The molecule has 1 saturated heterocycles. The fourth-order valence-corrected chi connectivity index (χ4v) is 4.78. The molecule has 0 N–H and O–H groups in total. The lowest BCUT2D eigenvalue weighted by atomic mass is 10.1. The summed E-state index contributed by atoms with van der Waals surface area (Å²) in [7, 11) is -1.87. The molecule has 1 unspecified atom stereocenters. The van der Waals surface area contributed by atoms with Gasteiger partial charge >= 0.3 is 0 Å². The van der Waals surface area contributed by atoms with E-state index >= 15 is 0 Å². The molecule has 0 spiro atoms. The Balaban J connectivity index is 1.84. The van der Waals surface area contributed by atoms with Crippen LogP contribution in [-0.2, 0) is 10.0 Å². The summed E-state index contributed by atoms with van der Waals surface area (Å²) >= 11 is 0. The first-order chi connectivity index (χ1) is 12.8. The maximum absolute atomic E-state index is 14.8. The molecule has 2 aromatic heterocycles. The first kappa shape index (κ1) is 19.6. The Morgan fingerprint density at radius 2 is 2.11 bits per heavy atom. The second kappa shape index (κ2) is 7.85. The summed E-state index contributed by atoms with van der Waals surface area (Å²) in [6.07, 6.45) is 5.70. The summed E-state index contributed by atoms with van der Waals surface area (Å²) < 4.78 is 42.0. The number of hydrogen-bond acceptors (Lipinski definition) is 6. The fraction of sp³-hybridized carbons (Fsp3) is 0.500. The van der Waals surface area contributed by atoms with Crippen LogP contribution in [0.25, 0.3) is 0 Å². The third-order valence-electron chi connectivity index (χ3n) is 4.86. The van der Waals surface area contributed by atoms with E-state index in [1.165, 1.54) is 29.1 Å². The Kier molecular flexibility index (Phi) is 5.71. The van der Waals surface area contributed by atoms with Crippen molar-refractivity contribution < 1.29 is 12.8 Å². The Morgan fingerprint density at radius 1 is 1.33 bits per heavy atom. The van der Waals surface area contributed by atoms with Crippen molar-refractivity contribution in [1.82, 2.24) is 19.3 Å². The van der Waals surface area contributed by atoms with Gasteiger partial charge in [0.15, 0.2) is 11.6 Å². The minimum absolute atomic E-state index is 0.0611. The van der Waals surface area contributed by atoms with Gasteiger partial charge < -0.3 is 4.90 Å². The van der Waals surface area contributed by atoms with Crippen molar-refractivity contribution in [2.75, 3.05) is 25.0 Å². The van der Waals surface area contributed by atoms with Crippen LogP contribution in [0.15, 0.2) is 35.7 Å². The van der Waals surface area contributed by atoms with Gasteiger partial charge in [0.1, 0.15) is 11.2 Å². The van der Waals surface area contributed by atoms with Gasteiger partial charge in [-0.15, -0.1) is 0 Å². The van der Waals surface area contributed by atoms with Crippen LogP contribution in [0.2, 0.25) is 0 Å². The van der Waals surface area contributed by atoms with E-state index in [0.717, 1.165) is 6.42 Å². The average molecular weight is 393 g/mol. The molecule has 9 heteroatoms. The molecule has 27 heavy (non-hydrogen) atoms. The van der Waals surface area contributed by atoms with Crippen LogP contribution in [0.5, 0.6) is 0 Å². The van der Waals surface area contributed by atoms with Crippen LogP contribution >= 0.6 is 0 Å². The molecule has 3 rings (SSSR count). The minimum Gasteiger partial charge on any atom is -0.353 e. The molecule has 0 aliphatic carbocycles. The number of pyridine rings is 1. The number of anilines is 1. The molecular formula is C18H24FN5O2S. The van der Waals surface area contributed by atoms with E-state index in [9.17, 15) is 12.8 Å². The zero-order valence-corrected chi connectivity index (χ0v) is 16.5. The number of nitrogens with zero attached hydrogens (tertiary/aromatic N) is 5. The van der Waals surface area contributed by atoms with Crippen molar-refractivity contribution in [3.05, 3.63) is 42.4 Å². The molecular weight excluding hydrogens is 369 g/mol. The smallest absolute Gasteiger partial charge is 0.244 e. The SMILES string of the molecule is CC(C)c1ncnc(N(C)C2CCCN(S(=O)(=O)c3cccnc3)C2)c1F. The second-order valence-electron chi connectivity index (χ2n) is 7.01. The molecule has 1 aliphatic heterocycles. The summed E-state index contributed by atoms with van der Waals surface area (Å²) in [6, 6.07) is 2.97. The number of rotatable bonds is 5. The number of hydrogen-bond donors (Lipinski definition) is 0. The summed E-state index contributed by atoms with van der Waals surface area (Å²) in [5.41, 5.74) is 0.363. The molecule has 1 aliphatic rings. The second-order valence-corrected chi connectivity index (χ2v) is 8.95. The van der Waals surface area contributed by atoms with Crippen LogP contribution in [-0.4, -0.2) is 53.9 Å². The Morgan fingerprint density at radius 3 is 2.78 bits per heavy atom. The van der Waals surface area contributed by atoms with Crippen molar-refractivity contribution in [3.63, 3.8) is 0 Å². The summed E-state index contributed by atoms with van der Waals surface area (Å²) in [5, 5.41) is 0. The Labute approximate surface area is 159 Å². The molecule has 3 heterocycles. The number of halogens is 1. The number of piperidine rings is 1. The highest BCUT2D eigenvalue weighted by atomic mass is 32.2. The molecule has 2 aromatic rings. The van der Waals surface area contributed by atoms with Crippen LogP contribution in [0, 0.1) is 5.82 Å². The van der Waals surface area contributed by atoms with Gasteiger partial charge in [-0.2, -0.15) is 4.31 Å². The van der Waals surface area contributed by atoms with E-state index in [-0.39, 0.29) is 29.2 Å². The van der Waals surface area contributed by atoms with Crippen molar-refractivity contribution in [1.29, 1.82) is 0 Å². The van der Waals surface area contributed by atoms with Gasteiger partial charge in [0, 0.05) is 38.6 Å².